The first-order valence-corrected chi connectivity index (χ1v) is 10.5. The molecule has 1 amide bonds. The van der Waals surface area contributed by atoms with Crippen LogP contribution >= 0.6 is 22.9 Å². The van der Waals surface area contributed by atoms with Crippen LogP contribution in [0, 0.1) is 11.3 Å². The number of ether oxygens (including phenoxy) is 1. The number of hydrogen-bond donors (Lipinski definition) is 2. The predicted molar refractivity (Wildman–Crippen MR) is 111 cm³/mol. The molecule has 6 heteroatoms. The lowest BCUT2D eigenvalue weighted by Gasteiger charge is -2.34. The Morgan fingerprint density at radius 1 is 1.26 bits per heavy atom. The van der Waals surface area contributed by atoms with E-state index in [0.29, 0.717) is 22.1 Å². The first-order chi connectivity index (χ1) is 12.8. The second kappa shape index (κ2) is 6.71. The number of rotatable bonds is 2. The molecule has 1 aliphatic carbocycles. The van der Waals surface area contributed by atoms with Crippen LogP contribution in [0.25, 0.3) is 0 Å². The number of methoxy groups -OCH3 is 1. The minimum Gasteiger partial charge on any atom is -0.495 e. The fourth-order valence-electron chi connectivity index (χ4n) is 4.07. The molecule has 1 aromatic heterocycles. The van der Waals surface area contributed by atoms with E-state index in [4.69, 9.17) is 16.3 Å². The molecule has 4 rings (SSSR count). The van der Waals surface area contributed by atoms with E-state index in [1.807, 2.05) is 18.2 Å². The number of halogens is 1. The molecule has 1 aromatic carbocycles. The van der Waals surface area contributed by atoms with Gasteiger partial charge >= 0.3 is 0 Å². The molecule has 0 saturated carbocycles. The summed E-state index contributed by atoms with van der Waals surface area (Å²) in [6.45, 7) is 6.93. The number of thiophene rings is 1. The Morgan fingerprint density at radius 2 is 2.04 bits per heavy atom. The third kappa shape index (κ3) is 3.32. The largest absolute Gasteiger partial charge is 0.495 e. The van der Waals surface area contributed by atoms with Crippen LogP contribution in [0.2, 0.25) is 5.02 Å². The maximum Gasteiger partial charge on any atom is 0.256 e. The fourth-order valence-corrected chi connectivity index (χ4v) is 5.69. The fraction of sp³-hybridized carbons (Fsp3) is 0.476. The molecule has 1 aliphatic heterocycles. The number of anilines is 1. The zero-order chi connectivity index (χ0) is 19.3. The molecule has 2 unspecified atom stereocenters. The molecule has 0 bridgehead atoms. The van der Waals surface area contributed by atoms with E-state index in [9.17, 15) is 4.79 Å². The van der Waals surface area contributed by atoms with Crippen LogP contribution in [-0.4, -0.2) is 13.0 Å². The standard InChI is InChI=1S/C21H25ClN2O2S/c1-21(2,3)12-6-7-13-16(10-12)27-20-17(13)19(25)23-18(24-20)11-5-8-15(26-4)14(22)9-11/h5,8-9,12,18,24H,6-7,10H2,1-4H3,(H,23,25). The van der Waals surface area contributed by atoms with Crippen molar-refractivity contribution >= 4 is 33.8 Å². The summed E-state index contributed by atoms with van der Waals surface area (Å²) in [5.41, 5.74) is 3.30. The van der Waals surface area contributed by atoms with E-state index in [-0.39, 0.29) is 12.1 Å². The van der Waals surface area contributed by atoms with E-state index < -0.39 is 0 Å². The van der Waals surface area contributed by atoms with Gasteiger partial charge in [0.05, 0.1) is 17.7 Å². The Balaban J connectivity index is 1.63. The molecule has 144 valence electrons. The highest BCUT2D eigenvalue weighted by Gasteiger charge is 2.36. The van der Waals surface area contributed by atoms with Gasteiger partial charge in [0.2, 0.25) is 0 Å². The summed E-state index contributed by atoms with van der Waals surface area (Å²) in [4.78, 5) is 14.2. The van der Waals surface area contributed by atoms with E-state index in [2.05, 4.69) is 31.4 Å². The zero-order valence-corrected chi connectivity index (χ0v) is 17.7. The second-order valence-corrected chi connectivity index (χ2v) is 9.97. The van der Waals surface area contributed by atoms with Gasteiger partial charge in [0, 0.05) is 4.88 Å². The van der Waals surface area contributed by atoms with Crippen molar-refractivity contribution in [2.45, 2.75) is 46.2 Å². The number of nitrogens with one attached hydrogen (secondary N) is 2. The third-order valence-corrected chi connectivity index (χ3v) is 7.26. The molecule has 2 heterocycles. The van der Waals surface area contributed by atoms with E-state index in [0.717, 1.165) is 35.4 Å². The molecule has 2 aliphatic rings. The second-order valence-electron chi connectivity index (χ2n) is 8.46. The summed E-state index contributed by atoms with van der Waals surface area (Å²) >= 11 is 8.01. The molecular formula is C21H25ClN2O2S. The predicted octanol–water partition coefficient (Wildman–Crippen LogP) is 5.42. The first-order valence-electron chi connectivity index (χ1n) is 9.33. The molecule has 4 nitrogen and oxygen atoms in total. The van der Waals surface area contributed by atoms with Gasteiger partial charge in [-0.1, -0.05) is 38.4 Å². The Labute approximate surface area is 169 Å². The van der Waals surface area contributed by atoms with Crippen molar-refractivity contribution in [3.05, 3.63) is 44.8 Å². The summed E-state index contributed by atoms with van der Waals surface area (Å²) < 4.78 is 5.22. The Kier molecular flexibility index (Phi) is 4.63. The van der Waals surface area contributed by atoms with Crippen molar-refractivity contribution in [2.75, 3.05) is 12.4 Å². The maximum atomic E-state index is 12.9. The molecule has 0 spiro atoms. The van der Waals surface area contributed by atoms with E-state index >= 15 is 0 Å². The molecule has 2 atom stereocenters. The molecule has 27 heavy (non-hydrogen) atoms. The number of carbonyl (C=O) groups excluding carboxylic acids is 1. The van der Waals surface area contributed by atoms with E-state index in [1.54, 1.807) is 18.4 Å². The van der Waals surface area contributed by atoms with Crippen LogP contribution in [0.4, 0.5) is 5.00 Å². The number of fused-ring (bicyclic) bond motifs is 3. The molecule has 0 fully saturated rings. The smallest absolute Gasteiger partial charge is 0.256 e. The van der Waals surface area contributed by atoms with Crippen LogP contribution in [0.15, 0.2) is 18.2 Å². The van der Waals surface area contributed by atoms with Crippen LogP contribution in [-0.2, 0) is 12.8 Å². The van der Waals surface area contributed by atoms with Crippen LogP contribution in [0.1, 0.15) is 59.7 Å². The number of hydrogen-bond acceptors (Lipinski definition) is 4. The van der Waals surface area contributed by atoms with Crippen molar-refractivity contribution in [3.63, 3.8) is 0 Å². The lowest BCUT2D eigenvalue weighted by molar-refractivity contribution is 0.0935. The van der Waals surface area contributed by atoms with Gasteiger partial charge in [0.25, 0.3) is 5.91 Å². The molecule has 2 aromatic rings. The summed E-state index contributed by atoms with van der Waals surface area (Å²) in [6.07, 6.45) is 2.90. The van der Waals surface area contributed by atoms with E-state index in [1.165, 1.54) is 10.4 Å². The highest BCUT2D eigenvalue weighted by Crippen LogP contribution is 2.46. The summed E-state index contributed by atoms with van der Waals surface area (Å²) in [6, 6.07) is 5.59. The molecule has 0 saturated heterocycles. The van der Waals surface area contributed by atoms with Gasteiger partial charge in [-0.15, -0.1) is 11.3 Å². The minimum absolute atomic E-state index is 0.00685. The monoisotopic (exact) mass is 404 g/mol. The normalized spacial score (nSPS) is 21.7. The van der Waals surface area contributed by atoms with Gasteiger partial charge in [0.15, 0.2) is 0 Å². The molecule has 2 N–H and O–H groups in total. The number of amides is 1. The van der Waals surface area contributed by atoms with Gasteiger partial charge in [-0.05, 0) is 53.9 Å². The zero-order valence-electron chi connectivity index (χ0n) is 16.1. The maximum absolute atomic E-state index is 12.9. The van der Waals surface area contributed by atoms with Crippen molar-refractivity contribution < 1.29 is 9.53 Å². The Bertz CT molecular complexity index is 900. The lowest BCUT2D eigenvalue weighted by Crippen LogP contribution is -2.38. The quantitative estimate of drug-likeness (QED) is 0.703. The minimum atomic E-state index is -0.285. The van der Waals surface area contributed by atoms with Crippen LogP contribution in [0.3, 0.4) is 0 Å². The summed E-state index contributed by atoms with van der Waals surface area (Å²) in [7, 11) is 1.59. The molecular weight excluding hydrogens is 380 g/mol. The average molecular weight is 405 g/mol. The SMILES string of the molecule is COc1ccc(C2NC(=O)c3c(sc4c3CCC(C(C)(C)C)C4)N2)cc1Cl. The van der Waals surface area contributed by atoms with Crippen molar-refractivity contribution in [1.29, 1.82) is 0 Å². The van der Waals surface area contributed by atoms with Gasteiger partial charge < -0.3 is 15.4 Å². The van der Waals surface area contributed by atoms with Crippen LogP contribution in [0.5, 0.6) is 5.75 Å². The van der Waals surface area contributed by atoms with Gasteiger partial charge in [-0.3, -0.25) is 4.79 Å². The Hall–Kier alpha value is -1.72. The summed E-state index contributed by atoms with van der Waals surface area (Å²) in [5, 5.41) is 8.11. The topological polar surface area (TPSA) is 50.4 Å². The lowest BCUT2D eigenvalue weighted by atomic mass is 9.72. The highest BCUT2D eigenvalue weighted by atomic mass is 35.5. The first kappa shape index (κ1) is 18.6. The third-order valence-electron chi connectivity index (χ3n) is 5.78. The van der Waals surface area contributed by atoms with Crippen molar-refractivity contribution in [3.8, 4) is 5.75 Å². The van der Waals surface area contributed by atoms with Crippen molar-refractivity contribution in [1.82, 2.24) is 5.32 Å². The Morgan fingerprint density at radius 3 is 2.70 bits per heavy atom. The highest BCUT2D eigenvalue weighted by molar-refractivity contribution is 7.16. The summed E-state index contributed by atoms with van der Waals surface area (Å²) in [5.74, 6) is 1.29. The molecule has 0 radical (unpaired) electrons. The number of benzene rings is 1. The van der Waals surface area contributed by atoms with Crippen LogP contribution < -0.4 is 15.4 Å². The van der Waals surface area contributed by atoms with Gasteiger partial charge in [0.1, 0.15) is 16.9 Å². The van der Waals surface area contributed by atoms with Gasteiger partial charge in [-0.25, -0.2) is 0 Å². The average Bonchev–Trinajstić information content (AvgIpc) is 2.98. The van der Waals surface area contributed by atoms with Crippen molar-refractivity contribution in [2.24, 2.45) is 11.3 Å². The number of carbonyl (C=O) groups is 1. The van der Waals surface area contributed by atoms with Gasteiger partial charge in [-0.2, -0.15) is 0 Å².